The van der Waals surface area contributed by atoms with Crippen molar-refractivity contribution < 1.29 is 4.74 Å². The average molecular weight is 309 g/mol. The van der Waals surface area contributed by atoms with Gasteiger partial charge in [0.05, 0.1) is 12.3 Å². The first-order valence-electron chi connectivity index (χ1n) is 8.01. The third-order valence-electron chi connectivity index (χ3n) is 3.89. The molecule has 0 radical (unpaired) electrons. The fraction of sp³-hybridized carbons (Fsp3) is 0.316. The molecule has 3 rings (SSSR count). The number of hydrogen-bond donors (Lipinski definition) is 0. The monoisotopic (exact) mass is 309 g/mol. The molecule has 4 heteroatoms. The average Bonchev–Trinajstić information content (AvgIpc) is 2.92. The quantitative estimate of drug-likeness (QED) is 0.696. The van der Waals surface area contributed by atoms with Gasteiger partial charge in [-0.25, -0.2) is 4.98 Å². The third kappa shape index (κ3) is 3.37. The second-order valence-electron chi connectivity index (χ2n) is 5.86. The van der Waals surface area contributed by atoms with E-state index in [1.54, 1.807) is 0 Å². The molecule has 3 aromatic rings. The normalized spacial score (nSPS) is 11.3. The van der Waals surface area contributed by atoms with Gasteiger partial charge >= 0.3 is 0 Å². The SMILES string of the molecule is CCOc1ccc(-c2cc3cccnc3n2CCN(C)C)cc1. The lowest BCUT2D eigenvalue weighted by Gasteiger charge is -2.14. The van der Waals surface area contributed by atoms with Crippen LogP contribution in [-0.4, -0.2) is 41.7 Å². The highest BCUT2D eigenvalue weighted by Gasteiger charge is 2.11. The van der Waals surface area contributed by atoms with Crippen LogP contribution >= 0.6 is 0 Å². The van der Waals surface area contributed by atoms with E-state index in [2.05, 4.69) is 52.8 Å². The van der Waals surface area contributed by atoms with Gasteiger partial charge in [-0.3, -0.25) is 0 Å². The number of benzene rings is 1. The van der Waals surface area contributed by atoms with Crippen molar-refractivity contribution in [3.8, 4) is 17.0 Å². The molecule has 0 aliphatic heterocycles. The van der Waals surface area contributed by atoms with Crippen LogP contribution in [0.2, 0.25) is 0 Å². The van der Waals surface area contributed by atoms with E-state index in [0.717, 1.165) is 24.5 Å². The maximum atomic E-state index is 5.54. The van der Waals surface area contributed by atoms with Crippen LogP contribution in [0.5, 0.6) is 5.75 Å². The van der Waals surface area contributed by atoms with Crippen LogP contribution in [0.4, 0.5) is 0 Å². The van der Waals surface area contributed by atoms with Crippen molar-refractivity contribution in [1.29, 1.82) is 0 Å². The van der Waals surface area contributed by atoms with Gasteiger partial charge in [0.2, 0.25) is 0 Å². The Bertz CT molecular complexity index is 775. The molecule has 0 fully saturated rings. The number of hydrogen-bond acceptors (Lipinski definition) is 3. The molecule has 0 aliphatic rings. The van der Waals surface area contributed by atoms with Gasteiger partial charge in [0.1, 0.15) is 11.4 Å². The minimum Gasteiger partial charge on any atom is -0.494 e. The van der Waals surface area contributed by atoms with Crippen molar-refractivity contribution >= 4 is 11.0 Å². The molecular formula is C19H23N3O. The first-order valence-corrected chi connectivity index (χ1v) is 8.01. The Hall–Kier alpha value is -2.33. The van der Waals surface area contributed by atoms with Crippen LogP contribution < -0.4 is 4.74 Å². The Balaban J connectivity index is 2.02. The van der Waals surface area contributed by atoms with E-state index in [-0.39, 0.29) is 0 Å². The van der Waals surface area contributed by atoms with Gasteiger partial charge in [-0.05, 0) is 69.0 Å². The molecule has 0 bridgehead atoms. The minimum atomic E-state index is 0.687. The highest BCUT2D eigenvalue weighted by Crippen LogP contribution is 2.28. The Kier molecular flexibility index (Phi) is 4.63. The van der Waals surface area contributed by atoms with Crippen molar-refractivity contribution in [3.05, 3.63) is 48.7 Å². The van der Waals surface area contributed by atoms with E-state index in [9.17, 15) is 0 Å². The van der Waals surface area contributed by atoms with E-state index in [1.165, 1.54) is 16.6 Å². The second-order valence-corrected chi connectivity index (χ2v) is 5.86. The summed E-state index contributed by atoms with van der Waals surface area (Å²) in [5, 5.41) is 1.18. The number of pyridine rings is 1. The largest absolute Gasteiger partial charge is 0.494 e. The molecule has 0 aliphatic carbocycles. The standard InChI is InChI=1S/C19H23N3O/c1-4-23-17-9-7-15(8-10-17)18-14-16-6-5-11-20-19(16)22(18)13-12-21(2)3/h5-11,14H,4,12-13H2,1-3H3. The zero-order valence-corrected chi connectivity index (χ0v) is 14.0. The maximum absolute atomic E-state index is 5.54. The molecule has 120 valence electrons. The summed E-state index contributed by atoms with van der Waals surface area (Å²) in [7, 11) is 4.19. The van der Waals surface area contributed by atoms with Gasteiger partial charge in [0.15, 0.2) is 0 Å². The zero-order chi connectivity index (χ0) is 16.2. The molecule has 0 unspecified atom stereocenters. The molecule has 0 atom stereocenters. The van der Waals surface area contributed by atoms with E-state index < -0.39 is 0 Å². The van der Waals surface area contributed by atoms with Gasteiger partial charge in [-0.1, -0.05) is 0 Å². The molecule has 0 saturated carbocycles. The summed E-state index contributed by atoms with van der Waals surface area (Å²) in [6, 6.07) is 14.6. The van der Waals surface area contributed by atoms with Crippen molar-refractivity contribution in [2.45, 2.75) is 13.5 Å². The number of nitrogens with zero attached hydrogens (tertiary/aromatic N) is 3. The van der Waals surface area contributed by atoms with Crippen LogP contribution in [0.3, 0.4) is 0 Å². The summed E-state index contributed by atoms with van der Waals surface area (Å²) in [5.74, 6) is 0.908. The lowest BCUT2D eigenvalue weighted by atomic mass is 10.1. The van der Waals surface area contributed by atoms with E-state index >= 15 is 0 Å². The summed E-state index contributed by atoms with van der Waals surface area (Å²) in [6.45, 7) is 4.57. The Labute approximate surface area is 137 Å². The Morgan fingerprint density at radius 1 is 1.13 bits per heavy atom. The second kappa shape index (κ2) is 6.84. The molecule has 2 aromatic heterocycles. The lowest BCUT2D eigenvalue weighted by molar-refractivity contribution is 0.340. The van der Waals surface area contributed by atoms with Crippen LogP contribution in [-0.2, 0) is 6.54 Å². The summed E-state index contributed by atoms with van der Waals surface area (Å²) in [5.41, 5.74) is 3.42. The Morgan fingerprint density at radius 3 is 2.61 bits per heavy atom. The highest BCUT2D eigenvalue weighted by atomic mass is 16.5. The predicted molar refractivity (Wildman–Crippen MR) is 94.9 cm³/mol. The topological polar surface area (TPSA) is 30.3 Å². The predicted octanol–water partition coefficient (Wildman–Crippen LogP) is 3.66. The van der Waals surface area contributed by atoms with Crippen molar-refractivity contribution in [2.75, 3.05) is 27.2 Å². The minimum absolute atomic E-state index is 0.687. The van der Waals surface area contributed by atoms with Crippen LogP contribution in [0.1, 0.15) is 6.92 Å². The van der Waals surface area contributed by atoms with Gasteiger partial charge in [0.25, 0.3) is 0 Å². The smallest absolute Gasteiger partial charge is 0.140 e. The zero-order valence-electron chi connectivity index (χ0n) is 14.0. The van der Waals surface area contributed by atoms with Gasteiger partial charge in [-0.15, -0.1) is 0 Å². The molecule has 0 saturated heterocycles. The first kappa shape index (κ1) is 15.6. The van der Waals surface area contributed by atoms with Gasteiger partial charge in [-0.2, -0.15) is 0 Å². The summed E-state index contributed by atoms with van der Waals surface area (Å²) < 4.78 is 7.84. The van der Waals surface area contributed by atoms with Crippen LogP contribution in [0.25, 0.3) is 22.3 Å². The van der Waals surface area contributed by atoms with Crippen molar-refractivity contribution in [2.24, 2.45) is 0 Å². The summed E-state index contributed by atoms with van der Waals surface area (Å²) in [6.07, 6.45) is 1.86. The van der Waals surface area contributed by atoms with E-state index in [0.29, 0.717) is 6.61 Å². The van der Waals surface area contributed by atoms with E-state index in [1.807, 2.05) is 31.3 Å². The number of aromatic nitrogens is 2. The fourth-order valence-corrected chi connectivity index (χ4v) is 2.74. The highest BCUT2D eigenvalue weighted by molar-refractivity contribution is 5.84. The fourth-order valence-electron chi connectivity index (χ4n) is 2.74. The molecule has 1 aromatic carbocycles. The molecular weight excluding hydrogens is 286 g/mol. The third-order valence-corrected chi connectivity index (χ3v) is 3.89. The Morgan fingerprint density at radius 2 is 1.91 bits per heavy atom. The van der Waals surface area contributed by atoms with Crippen LogP contribution in [0, 0.1) is 0 Å². The number of ether oxygens (including phenoxy) is 1. The number of rotatable bonds is 6. The van der Waals surface area contributed by atoms with Gasteiger partial charge < -0.3 is 14.2 Å². The van der Waals surface area contributed by atoms with Crippen molar-refractivity contribution in [3.63, 3.8) is 0 Å². The molecule has 23 heavy (non-hydrogen) atoms. The number of fused-ring (bicyclic) bond motifs is 1. The molecule has 0 N–H and O–H groups in total. The molecule has 0 amide bonds. The van der Waals surface area contributed by atoms with Gasteiger partial charge in [0, 0.05) is 24.7 Å². The summed E-state index contributed by atoms with van der Waals surface area (Å²) >= 11 is 0. The van der Waals surface area contributed by atoms with Crippen LogP contribution in [0.15, 0.2) is 48.7 Å². The molecule has 0 spiro atoms. The molecule has 2 heterocycles. The maximum Gasteiger partial charge on any atom is 0.140 e. The lowest BCUT2D eigenvalue weighted by Crippen LogP contribution is -2.18. The number of likely N-dealkylation sites (N-methyl/N-ethyl adjacent to an activating group) is 1. The summed E-state index contributed by atoms with van der Waals surface area (Å²) in [4.78, 5) is 6.76. The molecule has 4 nitrogen and oxygen atoms in total. The van der Waals surface area contributed by atoms with E-state index in [4.69, 9.17) is 4.74 Å². The van der Waals surface area contributed by atoms with Crippen molar-refractivity contribution in [1.82, 2.24) is 14.5 Å². The first-order chi connectivity index (χ1) is 11.2.